The van der Waals surface area contributed by atoms with Crippen molar-refractivity contribution >= 4 is 19.2 Å². The second kappa shape index (κ2) is 12.1. The zero-order valence-electron chi connectivity index (χ0n) is 17.7. The molecular formula is C24H32NO4P. The molecular weight excluding hydrogens is 397 g/mol. The van der Waals surface area contributed by atoms with Crippen molar-refractivity contribution < 1.29 is 18.4 Å². The van der Waals surface area contributed by atoms with E-state index in [1.807, 2.05) is 6.07 Å². The third-order valence-electron chi connectivity index (χ3n) is 5.33. The van der Waals surface area contributed by atoms with E-state index in [-0.39, 0.29) is 6.61 Å². The molecule has 1 heterocycles. The van der Waals surface area contributed by atoms with E-state index in [1.165, 1.54) is 42.4 Å². The SMILES string of the molecule is CCCCCCc1ccc(-c2ccc(CNCCCO[PH](=O)O)c3ccoc23)cc1. The number of rotatable bonds is 13. The Hall–Kier alpha value is -1.91. The monoisotopic (exact) mass is 429 g/mol. The summed E-state index contributed by atoms with van der Waals surface area (Å²) in [7, 11) is -2.83. The van der Waals surface area contributed by atoms with Gasteiger partial charge in [-0.2, -0.15) is 0 Å². The van der Waals surface area contributed by atoms with Gasteiger partial charge in [0.05, 0.1) is 12.9 Å². The third kappa shape index (κ3) is 6.55. The van der Waals surface area contributed by atoms with Crippen LogP contribution in [0.2, 0.25) is 0 Å². The smallest absolute Gasteiger partial charge is 0.316 e. The van der Waals surface area contributed by atoms with Gasteiger partial charge in [0.15, 0.2) is 0 Å². The highest BCUT2D eigenvalue weighted by Crippen LogP contribution is 2.32. The van der Waals surface area contributed by atoms with Crippen LogP contribution >= 0.6 is 8.25 Å². The molecule has 3 rings (SSSR count). The number of unbranched alkanes of at least 4 members (excludes halogenated alkanes) is 3. The third-order valence-corrected chi connectivity index (χ3v) is 5.78. The lowest BCUT2D eigenvalue weighted by Gasteiger charge is -2.10. The second-order valence-corrected chi connectivity index (χ2v) is 8.41. The van der Waals surface area contributed by atoms with E-state index in [1.54, 1.807) is 6.26 Å². The number of aryl methyl sites for hydroxylation is 1. The van der Waals surface area contributed by atoms with Crippen LogP contribution in [0, 0.1) is 0 Å². The Kier molecular flexibility index (Phi) is 9.16. The molecule has 0 radical (unpaired) electrons. The van der Waals surface area contributed by atoms with E-state index >= 15 is 0 Å². The molecule has 0 amide bonds. The van der Waals surface area contributed by atoms with E-state index in [2.05, 4.69) is 48.6 Å². The molecule has 2 N–H and O–H groups in total. The van der Waals surface area contributed by atoms with Crippen LogP contribution in [-0.2, 0) is 22.1 Å². The van der Waals surface area contributed by atoms with Crippen LogP contribution in [0.5, 0.6) is 0 Å². The molecule has 1 atom stereocenters. The first-order valence-corrected chi connectivity index (χ1v) is 12.1. The first kappa shape index (κ1) is 22.8. The standard InChI is InChI=1S/C24H32NO4P/c1-2-3-4-5-7-19-8-10-20(11-9-19)22-13-12-21(23-14-17-28-24(22)23)18-25-15-6-16-29-30(26)27/h8-14,17,25,30H,2-7,15-16,18H2,1H3,(H,26,27). The molecule has 0 saturated carbocycles. The number of hydrogen-bond donors (Lipinski definition) is 2. The Bertz CT molecular complexity index is 936. The van der Waals surface area contributed by atoms with E-state index in [0.717, 1.165) is 29.5 Å². The van der Waals surface area contributed by atoms with Crippen LogP contribution in [0.15, 0.2) is 53.1 Å². The second-order valence-electron chi connectivity index (χ2n) is 7.59. The van der Waals surface area contributed by atoms with Crippen LogP contribution in [-0.4, -0.2) is 18.0 Å². The molecule has 0 saturated heterocycles. The number of furan rings is 1. The van der Waals surface area contributed by atoms with Gasteiger partial charge < -0.3 is 19.2 Å². The Morgan fingerprint density at radius 1 is 1.03 bits per heavy atom. The summed E-state index contributed by atoms with van der Waals surface area (Å²) >= 11 is 0. The van der Waals surface area contributed by atoms with Crippen molar-refractivity contribution in [3.63, 3.8) is 0 Å². The molecule has 162 valence electrons. The number of hydrogen-bond acceptors (Lipinski definition) is 4. The predicted molar refractivity (Wildman–Crippen MR) is 123 cm³/mol. The lowest BCUT2D eigenvalue weighted by Crippen LogP contribution is -2.16. The van der Waals surface area contributed by atoms with Crippen LogP contribution in [0.25, 0.3) is 22.1 Å². The summed E-state index contributed by atoms with van der Waals surface area (Å²) in [4.78, 5) is 8.67. The summed E-state index contributed by atoms with van der Waals surface area (Å²) < 4.78 is 21.1. The van der Waals surface area contributed by atoms with Crippen LogP contribution in [0.3, 0.4) is 0 Å². The predicted octanol–water partition coefficient (Wildman–Crippen LogP) is 6.10. The maximum Gasteiger partial charge on any atom is 0.316 e. The average molecular weight is 429 g/mol. The first-order valence-electron chi connectivity index (χ1n) is 10.8. The van der Waals surface area contributed by atoms with Crippen molar-refractivity contribution in [2.24, 2.45) is 0 Å². The highest BCUT2D eigenvalue weighted by molar-refractivity contribution is 7.32. The van der Waals surface area contributed by atoms with Crippen LogP contribution in [0.1, 0.15) is 50.2 Å². The number of fused-ring (bicyclic) bond motifs is 1. The molecule has 0 bridgehead atoms. The minimum Gasteiger partial charge on any atom is -0.464 e. The highest BCUT2D eigenvalue weighted by atomic mass is 31.1. The normalized spacial score (nSPS) is 12.5. The summed E-state index contributed by atoms with van der Waals surface area (Å²) in [6.45, 7) is 3.96. The van der Waals surface area contributed by atoms with Crippen LogP contribution in [0.4, 0.5) is 0 Å². The quantitative estimate of drug-likeness (QED) is 0.254. The minimum atomic E-state index is -2.83. The Morgan fingerprint density at radius 3 is 2.63 bits per heavy atom. The summed E-state index contributed by atoms with van der Waals surface area (Å²) in [5.41, 5.74) is 5.75. The number of nitrogens with one attached hydrogen (secondary N) is 1. The van der Waals surface area contributed by atoms with Gasteiger partial charge >= 0.3 is 8.25 Å². The molecule has 0 aliphatic carbocycles. The van der Waals surface area contributed by atoms with E-state index in [4.69, 9.17) is 13.8 Å². The summed E-state index contributed by atoms with van der Waals surface area (Å²) in [6.07, 6.45) is 8.71. The lowest BCUT2D eigenvalue weighted by molar-refractivity contribution is 0.276. The van der Waals surface area contributed by atoms with Gasteiger partial charge in [-0.25, -0.2) is 0 Å². The molecule has 0 fully saturated rings. The van der Waals surface area contributed by atoms with Crippen molar-refractivity contribution in [2.75, 3.05) is 13.2 Å². The topological polar surface area (TPSA) is 71.7 Å². The zero-order chi connectivity index (χ0) is 21.2. The minimum absolute atomic E-state index is 0.288. The number of benzene rings is 2. The molecule has 6 heteroatoms. The highest BCUT2D eigenvalue weighted by Gasteiger charge is 2.11. The Labute approximate surface area is 179 Å². The molecule has 0 aliphatic heterocycles. The average Bonchev–Trinajstić information content (AvgIpc) is 3.24. The molecule has 30 heavy (non-hydrogen) atoms. The van der Waals surface area contributed by atoms with Gasteiger partial charge in [-0.15, -0.1) is 0 Å². The van der Waals surface area contributed by atoms with Gasteiger partial charge in [-0.05, 0) is 48.6 Å². The van der Waals surface area contributed by atoms with E-state index < -0.39 is 8.25 Å². The van der Waals surface area contributed by atoms with Gasteiger partial charge in [0.1, 0.15) is 5.58 Å². The largest absolute Gasteiger partial charge is 0.464 e. The molecule has 0 spiro atoms. The van der Waals surface area contributed by atoms with Gasteiger partial charge in [0.2, 0.25) is 0 Å². The zero-order valence-corrected chi connectivity index (χ0v) is 18.7. The summed E-state index contributed by atoms with van der Waals surface area (Å²) in [6, 6.07) is 15.1. The fourth-order valence-corrected chi connectivity index (χ4v) is 4.01. The molecule has 1 aromatic heterocycles. The molecule has 1 unspecified atom stereocenters. The molecule has 0 aliphatic rings. The maximum atomic E-state index is 10.5. The first-order chi connectivity index (χ1) is 14.7. The van der Waals surface area contributed by atoms with E-state index in [9.17, 15) is 4.57 Å². The van der Waals surface area contributed by atoms with Gasteiger partial charge in [-0.1, -0.05) is 62.6 Å². The lowest BCUT2D eigenvalue weighted by atomic mass is 9.98. The fraction of sp³-hybridized carbons (Fsp3) is 0.417. The van der Waals surface area contributed by atoms with Crippen molar-refractivity contribution in [3.8, 4) is 11.1 Å². The Morgan fingerprint density at radius 2 is 1.87 bits per heavy atom. The van der Waals surface area contributed by atoms with Gasteiger partial charge in [-0.3, -0.25) is 4.57 Å². The van der Waals surface area contributed by atoms with Crippen LogP contribution < -0.4 is 5.32 Å². The maximum absolute atomic E-state index is 10.5. The van der Waals surface area contributed by atoms with Crippen molar-refractivity contribution in [1.29, 1.82) is 0 Å². The van der Waals surface area contributed by atoms with E-state index in [0.29, 0.717) is 13.0 Å². The van der Waals surface area contributed by atoms with Gasteiger partial charge in [0, 0.05) is 17.5 Å². The van der Waals surface area contributed by atoms with Crippen molar-refractivity contribution in [1.82, 2.24) is 5.32 Å². The fourth-order valence-electron chi connectivity index (χ4n) is 3.69. The van der Waals surface area contributed by atoms with Crippen molar-refractivity contribution in [3.05, 3.63) is 59.9 Å². The summed E-state index contributed by atoms with van der Waals surface area (Å²) in [5, 5.41) is 4.47. The molecule has 5 nitrogen and oxygen atoms in total. The van der Waals surface area contributed by atoms with Crippen molar-refractivity contribution in [2.45, 2.75) is 52.0 Å². The molecule has 3 aromatic rings. The van der Waals surface area contributed by atoms with Gasteiger partial charge in [0.25, 0.3) is 0 Å². The Balaban J connectivity index is 1.62. The summed E-state index contributed by atoms with van der Waals surface area (Å²) in [5.74, 6) is 0. The molecule has 2 aromatic carbocycles.